The van der Waals surface area contributed by atoms with Gasteiger partial charge in [0.25, 0.3) is 0 Å². The standard InChI is InChI=1S/C13H13F2N3O2S/c1-6(16-3)12-7(2)17-13(21-12)10-8(14)4-5-9(11(10)15)18(19)20/h4-6,16H,1-3H3. The number of nitro groups is 1. The minimum atomic E-state index is -1.20. The molecular formula is C13H13F2N3O2S. The van der Waals surface area contributed by atoms with Crippen LogP contribution >= 0.6 is 11.3 Å². The number of hydrogen-bond donors (Lipinski definition) is 1. The summed E-state index contributed by atoms with van der Waals surface area (Å²) < 4.78 is 28.1. The average molecular weight is 313 g/mol. The summed E-state index contributed by atoms with van der Waals surface area (Å²) in [4.78, 5) is 14.9. The molecule has 0 aliphatic rings. The highest BCUT2D eigenvalue weighted by Gasteiger charge is 2.25. The van der Waals surface area contributed by atoms with Crippen LogP contribution in [0.15, 0.2) is 12.1 Å². The van der Waals surface area contributed by atoms with Crippen molar-refractivity contribution in [1.29, 1.82) is 0 Å². The van der Waals surface area contributed by atoms with Gasteiger partial charge in [0, 0.05) is 17.0 Å². The number of thiazole rings is 1. The van der Waals surface area contributed by atoms with E-state index in [1.807, 2.05) is 6.92 Å². The monoisotopic (exact) mass is 313 g/mol. The summed E-state index contributed by atoms with van der Waals surface area (Å²) in [5.74, 6) is -2.06. The van der Waals surface area contributed by atoms with Crippen molar-refractivity contribution in [3.63, 3.8) is 0 Å². The van der Waals surface area contributed by atoms with Crippen molar-refractivity contribution in [2.24, 2.45) is 0 Å². The van der Waals surface area contributed by atoms with Gasteiger partial charge in [-0.15, -0.1) is 11.3 Å². The number of aromatic nitrogens is 1. The number of benzene rings is 1. The van der Waals surface area contributed by atoms with Gasteiger partial charge in [-0.3, -0.25) is 10.1 Å². The van der Waals surface area contributed by atoms with Crippen LogP contribution in [0.1, 0.15) is 23.5 Å². The normalized spacial score (nSPS) is 12.4. The van der Waals surface area contributed by atoms with Gasteiger partial charge >= 0.3 is 5.69 Å². The number of halogens is 2. The summed E-state index contributed by atoms with van der Waals surface area (Å²) >= 11 is 1.12. The fourth-order valence-electron chi connectivity index (χ4n) is 1.93. The first-order chi connectivity index (χ1) is 9.86. The molecule has 0 aliphatic heterocycles. The van der Waals surface area contributed by atoms with E-state index in [4.69, 9.17) is 0 Å². The van der Waals surface area contributed by atoms with Gasteiger partial charge < -0.3 is 5.32 Å². The Bertz CT molecular complexity index is 703. The van der Waals surface area contributed by atoms with E-state index >= 15 is 0 Å². The second-order valence-corrected chi connectivity index (χ2v) is 5.52. The van der Waals surface area contributed by atoms with Gasteiger partial charge in [0.15, 0.2) is 0 Å². The van der Waals surface area contributed by atoms with Gasteiger partial charge in [-0.2, -0.15) is 4.39 Å². The highest BCUT2D eigenvalue weighted by Crippen LogP contribution is 2.37. The van der Waals surface area contributed by atoms with E-state index in [1.165, 1.54) is 0 Å². The van der Waals surface area contributed by atoms with Crippen LogP contribution in [0.25, 0.3) is 10.6 Å². The van der Waals surface area contributed by atoms with Gasteiger partial charge in [0.05, 0.1) is 16.2 Å². The zero-order chi connectivity index (χ0) is 15.7. The van der Waals surface area contributed by atoms with Gasteiger partial charge in [-0.25, -0.2) is 9.37 Å². The molecule has 0 saturated heterocycles. The molecule has 0 bridgehead atoms. The Labute approximate surface area is 123 Å². The molecule has 0 spiro atoms. The third kappa shape index (κ3) is 2.77. The van der Waals surface area contributed by atoms with Crippen LogP contribution in [0, 0.1) is 28.7 Å². The highest BCUT2D eigenvalue weighted by molar-refractivity contribution is 7.15. The molecule has 0 amide bonds. The van der Waals surface area contributed by atoms with E-state index in [1.54, 1.807) is 14.0 Å². The summed E-state index contributed by atoms with van der Waals surface area (Å²) in [7, 11) is 1.76. The molecule has 21 heavy (non-hydrogen) atoms. The lowest BCUT2D eigenvalue weighted by atomic mass is 10.2. The van der Waals surface area contributed by atoms with E-state index in [2.05, 4.69) is 10.3 Å². The lowest BCUT2D eigenvalue weighted by Crippen LogP contribution is -2.11. The predicted molar refractivity (Wildman–Crippen MR) is 76.3 cm³/mol. The summed E-state index contributed by atoms with van der Waals surface area (Å²) in [5, 5.41) is 13.9. The minimum Gasteiger partial charge on any atom is -0.312 e. The van der Waals surface area contributed by atoms with Crippen LogP contribution < -0.4 is 5.32 Å². The van der Waals surface area contributed by atoms with E-state index in [9.17, 15) is 18.9 Å². The molecule has 0 radical (unpaired) electrons. The number of nitro benzene ring substituents is 1. The molecule has 1 heterocycles. The molecule has 2 aromatic rings. The van der Waals surface area contributed by atoms with Crippen molar-refractivity contribution >= 4 is 17.0 Å². The largest absolute Gasteiger partial charge is 0.312 e. The number of nitrogens with zero attached hydrogens (tertiary/aromatic N) is 2. The molecule has 112 valence electrons. The maximum Gasteiger partial charge on any atom is 0.305 e. The fraction of sp³-hybridized carbons (Fsp3) is 0.308. The summed E-state index contributed by atoms with van der Waals surface area (Å²) in [5.41, 5.74) is -0.573. The Balaban J connectivity index is 2.62. The Morgan fingerprint density at radius 1 is 1.43 bits per heavy atom. The van der Waals surface area contributed by atoms with Gasteiger partial charge in [-0.1, -0.05) is 0 Å². The van der Waals surface area contributed by atoms with Crippen LogP contribution in [0.2, 0.25) is 0 Å². The third-order valence-corrected chi connectivity index (χ3v) is 4.50. The van der Waals surface area contributed by atoms with Crippen molar-refractivity contribution in [2.75, 3.05) is 7.05 Å². The van der Waals surface area contributed by atoms with Crippen molar-refractivity contribution in [3.8, 4) is 10.6 Å². The van der Waals surface area contributed by atoms with Crippen molar-refractivity contribution < 1.29 is 13.7 Å². The fourth-order valence-corrected chi connectivity index (χ4v) is 3.09. The molecule has 1 atom stereocenters. The van der Waals surface area contributed by atoms with Crippen LogP contribution in [0.5, 0.6) is 0 Å². The molecule has 1 aromatic carbocycles. The van der Waals surface area contributed by atoms with E-state index < -0.39 is 27.8 Å². The number of rotatable bonds is 4. The SMILES string of the molecule is CNC(C)c1sc(-c2c(F)ccc([N+](=O)[O-])c2F)nc1C. The Hall–Kier alpha value is -1.93. The molecule has 0 saturated carbocycles. The Morgan fingerprint density at radius 3 is 2.67 bits per heavy atom. The first-order valence-electron chi connectivity index (χ1n) is 6.14. The summed E-state index contributed by atoms with van der Waals surface area (Å²) in [6, 6.07) is 1.67. The van der Waals surface area contributed by atoms with Gasteiger partial charge in [0.1, 0.15) is 10.8 Å². The summed E-state index contributed by atoms with van der Waals surface area (Å²) in [6.45, 7) is 3.63. The van der Waals surface area contributed by atoms with E-state index in [0.29, 0.717) is 5.69 Å². The van der Waals surface area contributed by atoms with Gasteiger partial charge in [-0.05, 0) is 27.0 Å². The Morgan fingerprint density at radius 2 is 2.10 bits per heavy atom. The first-order valence-corrected chi connectivity index (χ1v) is 6.95. The molecule has 0 fully saturated rings. The van der Waals surface area contributed by atoms with E-state index in [-0.39, 0.29) is 11.0 Å². The second kappa shape index (κ2) is 5.82. The molecular weight excluding hydrogens is 300 g/mol. The number of aryl methyl sites for hydroxylation is 1. The lowest BCUT2D eigenvalue weighted by Gasteiger charge is -2.07. The third-order valence-electron chi connectivity index (χ3n) is 3.14. The molecule has 5 nitrogen and oxygen atoms in total. The predicted octanol–water partition coefficient (Wildman–Crippen LogP) is 3.59. The van der Waals surface area contributed by atoms with Crippen LogP contribution in [-0.2, 0) is 0 Å². The molecule has 8 heteroatoms. The second-order valence-electron chi connectivity index (χ2n) is 4.49. The van der Waals surface area contributed by atoms with Gasteiger partial charge in [0.2, 0.25) is 5.82 Å². The topological polar surface area (TPSA) is 68.1 Å². The number of hydrogen-bond acceptors (Lipinski definition) is 5. The van der Waals surface area contributed by atoms with Crippen molar-refractivity contribution in [2.45, 2.75) is 19.9 Å². The quantitative estimate of drug-likeness (QED) is 0.692. The zero-order valence-corrected chi connectivity index (χ0v) is 12.4. The highest BCUT2D eigenvalue weighted by atomic mass is 32.1. The zero-order valence-electron chi connectivity index (χ0n) is 11.6. The number of nitrogens with one attached hydrogen (secondary N) is 1. The maximum atomic E-state index is 14.2. The van der Waals surface area contributed by atoms with Crippen LogP contribution in [-0.4, -0.2) is 17.0 Å². The molecule has 1 unspecified atom stereocenters. The van der Waals surface area contributed by atoms with Crippen LogP contribution in [0.3, 0.4) is 0 Å². The minimum absolute atomic E-state index is 0.0268. The first kappa shape index (κ1) is 15.5. The summed E-state index contributed by atoms with van der Waals surface area (Å²) in [6.07, 6.45) is 0. The van der Waals surface area contributed by atoms with Crippen molar-refractivity contribution in [3.05, 3.63) is 44.5 Å². The Kier molecular flexibility index (Phi) is 4.29. The molecule has 1 aromatic heterocycles. The smallest absolute Gasteiger partial charge is 0.305 e. The lowest BCUT2D eigenvalue weighted by molar-refractivity contribution is -0.387. The average Bonchev–Trinajstić information content (AvgIpc) is 2.79. The van der Waals surface area contributed by atoms with Crippen molar-refractivity contribution in [1.82, 2.24) is 10.3 Å². The molecule has 1 N–H and O–H groups in total. The molecule has 0 aliphatic carbocycles. The molecule has 2 rings (SSSR count). The van der Waals surface area contributed by atoms with E-state index in [0.717, 1.165) is 28.3 Å². The maximum absolute atomic E-state index is 14.2. The van der Waals surface area contributed by atoms with Crippen LogP contribution in [0.4, 0.5) is 14.5 Å².